The smallest absolute Gasteiger partial charge is 0.251 e. The second-order valence-electron chi connectivity index (χ2n) is 9.62. The highest BCUT2D eigenvalue weighted by atomic mass is 16.5. The number of aromatic nitrogens is 2. The molecule has 4 aromatic rings. The second-order valence-corrected chi connectivity index (χ2v) is 9.62. The van der Waals surface area contributed by atoms with Crippen LogP contribution >= 0.6 is 0 Å². The molecule has 188 valence electrons. The molecule has 0 saturated heterocycles. The number of aryl methyl sites for hydroxylation is 6. The van der Waals surface area contributed by atoms with Gasteiger partial charge in [-0.2, -0.15) is 0 Å². The van der Waals surface area contributed by atoms with E-state index in [4.69, 9.17) is 9.72 Å². The van der Waals surface area contributed by atoms with E-state index in [1.165, 1.54) is 22.2 Å². The first kappa shape index (κ1) is 25.5. The Hall–Kier alpha value is -3.60. The van der Waals surface area contributed by atoms with Gasteiger partial charge in [-0.25, -0.2) is 4.98 Å². The molecule has 1 N–H and O–H groups in total. The first-order valence-corrected chi connectivity index (χ1v) is 12.9. The molecule has 0 aliphatic rings. The van der Waals surface area contributed by atoms with E-state index in [1.807, 2.05) is 38.1 Å². The van der Waals surface area contributed by atoms with Gasteiger partial charge in [0.25, 0.3) is 5.91 Å². The second kappa shape index (κ2) is 11.9. The van der Waals surface area contributed by atoms with Crippen LogP contribution in [0.2, 0.25) is 0 Å². The number of rotatable bonds is 11. The highest BCUT2D eigenvalue weighted by Gasteiger charge is 2.12. The third kappa shape index (κ3) is 6.14. The molecule has 1 aromatic heterocycles. The lowest BCUT2D eigenvalue weighted by Crippen LogP contribution is -2.25. The minimum absolute atomic E-state index is 0.00936. The van der Waals surface area contributed by atoms with E-state index >= 15 is 0 Å². The highest BCUT2D eigenvalue weighted by Crippen LogP contribution is 2.23. The van der Waals surface area contributed by atoms with E-state index in [9.17, 15) is 4.79 Å². The van der Waals surface area contributed by atoms with E-state index in [0.717, 1.165) is 60.4 Å². The minimum atomic E-state index is -0.00936. The molecule has 4 rings (SSSR count). The van der Waals surface area contributed by atoms with Crippen molar-refractivity contribution in [2.24, 2.45) is 0 Å². The van der Waals surface area contributed by atoms with Gasteiger partial charge in [0.05, 0.1) is 17.6 Å². The summed E-state index contributed by atoms with van der Waals surface area (Å²) in [5, 5.41) is 3.07. The van der Waals surface area contributed by atoms with Crippen molar-refractivity contribution in [3.63, 3.8) is 0 Å². The van der Waals surface area contributed by atoms with E-state index in [2.05, 4.69) is 60.1 Å². The van der Waals surface area contributed by atoms with Crippen LogP contribution in [0.25, 0.3) is 11.0 Å². The maximum Gasteiger partial charge on any atom is 0.251 e. The molecule has 36 heavy (non-hydrogen) atoms. The fraction of sp³-hybridized carbons (Fsp3) is 0.355. The van der Waals surface area contributed by atoms with Crippen molar-refractivity contribution in [1.82, 2.24) is 14.9 Å². The Morgan fingerprint density at radius 3 is 2.44 bits per heavy atom. The van der Waals surface area contributed by atoms with Crippen LogP contribution in [0, 0.1) is 27.7 Å². The van der Waals surface area contributed by atoms with Gasteiger partial charge >= 0.3 is 0 Å². The van der Waals surface area contributed by atoms with Crippen molar-refractivity contribution in [3.05, 3.63) is 94.3 Å². The zero-order chi connectivity index (χ0) is 25.5. The number of amides is 1. The highest BCUT2D eigenvalue weighted by molar-refractivity contribution is 5.95. The van der Waals surface area contributed by atoms with Gasteiger partial charge in [0.1, 0.15) is 11.6 Å². The van der Waals surface area contributed by atoms with Crippen LogP contribution < -0.4 is 10.1 Å². The van der Waals surface area contributed by atoms with Crippen molar-refractivity contribution < 1.29 is 9.53 Å². The average molecular weight is 484 g/mol. The summed E-state index contributed by atoms with van der Waals surface area (Å²) in [6.45, 7) is 10.4. The summed E-state index contributed by atoms with van der Waals surface area (Å²) in [7, 11) is 0. The number of benzene rings is 3. The van der Waals surface area contributed by atoms with Crippen LogP contribution in [0.3, 0.4) is 0 Å². The molecule has 0 radical (unpaired) electrons. The zero-order valence-electron chi connectivity index (χ0n) is 21.9. The average Bonchev–Trinajstić information content (AvgIpc) is 3.20. The number of unbranched alkanes of at least 4 members (excludes halogenated alkanes) is 1. The maximum atomic E-state index is 12.6. The SMILES string of the molecule is Cc1ccc(C(=O)NCCCc2nc3ccccc3n2CCCCOc2c(C)cccc2C)c(C)c1. The topological polar surface area (TPSA) is 56.2 Å². The Bertz CT molecular complexity index is 1320. The zero-order valence-corrected chi connectivity index (χ0v) is 21.9. The molecule has 1 amide bonds. The molecule has 5 heteroatoms. The molecule has 0 bridgehead atoms. The Kier molecular flexibility index (Phi) is 8.42. The van der Waals surface area contributed by atoms with E-state index < -0.39 is 0 Å². The summed E-state index contributed by atoms with van der Waals surface area (Å²) in [6.07, 6.45) is 3.66. The van der Waals surface area contributed by atoms with Crippen molar-refractivity contribution in [2.45, 2.75) is 59.9 Å². The molecule has 1 heterocycles. The summed E-state index contributed by atoms with van der Waals surface area (Å²) in [5.74, 6) is 2.08. The number of carbonyl (C=O) groups is 1. The molecular weight excluding hydrogens is 446 g/mol. The third-order valence-corrected chi connectivity index (χ3v) is 6.65. The number of hydrogen-bond donors (Lipinski definition) is 1. The van der Waals surface area contributed by atoms with E-state index in [1.54, 1.807) is 0 Å². The Morgan fingerprint density at radius 1 is 0.889 bits per heavy atom. The summed E-state index contributed by atoms with van der Waals surface area (Å²) in [6, 6.07) is 20.5. The van der Waals surface area contributed by atoms with Crippen LogP contribution in [-0.4, -0.2) is 28.6 Å². The van der Waals surface area contributed by atoms with Crippen LogP contribution in [0.1, 0.15) is 57.7 Å². The number of nitrogens with zero attached hydrogens (tertiary/aromatic N) is 2. The van der Waals surface area contributed by atoms with Gasteiger partial charge in [0.15, 0.2) is 0 Å². The Balaban J connectivity index is 1.31. The fourth-order valence-electron chi connectivity index (χ4n) is 4.75. The van der Waals surface area contributed by atoms with Gasteiger partial charge in [0.2, 0.25) is 0 Å². The van der Waals surface area contributed by atoms with Crippen LogP contribution in [0.4, 0.5) is 0 Å². The number of carbonyl (C=O) groups excluding carboxylic acids is 1. The predicted octanol–water partition coefficient (Wildman–Crippen LogP) is 6.49. The number of imidazole rings is 1. The van der Waals surface area contributed by atoms with Gasteiger partial charge in [-0.3, -0.25) is 4.79 Å². The normalized spacial score (nSPS) is 11.1. The minimum Gasteiger partial charge on any atom is -0.493 e. The standard InChI is InChI=1S/C31H37N3O2/c1-22-16-17-26(25(4)21-22)31(35)32-18-10-15-29-33-27-13-5-6-14-28(27)34(29)19-7-8-20-36-30-23(2)11-9-12-24(30)3/h5-6,9,11-14,16-17,21H,7-8,10,15,18-20H2,1-4H3,(H,32,35). The number of para-hydroxylation sites is 3. The van der Waals surface area contributed by atoms with E-state index in [-0.39, 0.29) is 5.91 Å². The molecule has 3 aromatic carbocycles. The number of fused-ring (bicyclic) bond motifs is 1. The Morgan fingerprint density at radius 2 is 1.67 bits per heavy atom. The number of nitrogens with one attached hydrogen (secondary N) is 1. The van der Waals surface area contributed by atoms with Gasteiger partial charge in [-0.1, -0.05) is 48.0 Å². The largest absolute Gasteiger partial charge is 0.493 e. The van der Waals surface area contributed by atoms with Crippen molar-refractivity contribution >= 4 is 16.9 Å². The molecule has 0 unspecified atom stereocenters. The van der Waals surface area contributed by atoms with Crippen LogP contribution in [0.15, 0.2) is 60.7 Å². The third-order valence-electron chi connectivity index (χ3n) is 6.65. The van der Waals surface area contributed by atoms with Gasteiger partial charge in [-0.15, -0.1) is 0 Å². The van der Waals surface area contributed by atoms with Gasteiger partial charge in [-0.05, 0) is 81.8 Å². The summed E-state index contributed by atoms with van der Waals surface area (Å²) < 4.78 is 8.43. The van der Waals surface area contributed by atoms with Crippen LogP contribution in [-0.2, 0) is 13.0 Å². The fourth-order valence-corrected chi connectivity index (χ4v) is 4.75. The quantitative estimate of drug-likeness (QED) is 0.248. The monoisotopic (exact) mass is 483 g/mol. The molecule has 0 atom stereocenters. The lowest BCUT2D eigenvalue weighted by atomic mass is 10.1. The number of hydrogen-bond acceptors (Lipinski definition) is 3. The molecule has 0 aliphatic heterocycles. The van der Waals surface area contributed by atoms with Gasteiger partial charge in [0, 0.05) is 25.1 Å². The lowest BCUT2D eigenvalue weighted by Gasteiger charge is -2.13. The number of ether oxygens (including phenoxy) is 1. The van der Waals surface area contributed by atoms with Crippen molar-refractivity contribution in [1.29, 1.82) is 0 Å². The first-order chi connectivity index (χ1) is 17.4. The van der Waals surface area contributed by atoms with Crippen molar-refractivity contribution in [3.8, 4) is 5.75 Å². The molecule has 5 nitrogen and oxygen atoms in total. The van der Waals surface area contributed by atoms with Crippen molar-refractivity contribution in [2.75, 3.05) is 13.2 Å². The maximum absolute atomic E-state index is 12.6. The Labute approximate surface area is 214 Å². The molecule has 0 saturated carbocycles. The molecule has 0 aliphatic carbocycles. The summed E-state index contributed by atoms with van der Waals surface area (Å²) in [4.78, 5) is 17.5. The summed E-state index contributed by atoms with van der Waals surface area (Å²) in [5.41, 5.74) is 7.48. The van der Waals surface area contributed by atoms with E-state index in [0.29, 0.717) is 13.2 Å². The van der Waals surface area contributed by atoms with Crippen LogP contribution in [0.5, 0.6) is 5.75 Å². The first-order valence-electron chi connectivity index (χ1n) is 12.9. The van der Waals surface area contributed by atoms with Gasteiger partial charge < -0.3 is 14.6 Å². The molecule has 0 fully saturated rings. The predicted molar refractivity (Wildman–Crippen MR) is 147 cm³/mol. The summed E-state index contributed by atoms with van der Waals surface area (Å²) >= 11 is 0. The molecular formula is C31H37N3O2. The lowest BCUT2D eigenvalue weighted by molar-refractivity contribution is 0.0952. The molecule has 0 spiro atoms.